The van der Waals surface area contributed by atoms with E-state index in [1.54, 1.807) is 35.9 Å². The molecule has 1 aliphatic rings. The second-order valence-corrected chi connectivity index (χ2v) is 8.23. The number of carbonyl (C=O) groups is 1. The first-order chi connectivity index (χ1) is 14.2. The highest BCUT2D eigenvalue weighted by Crippen LogP contribution is 2.32. The minimum atomic E-state index is -0.216. The Bertz CT molecular complexity index is 918. The summed E-state index contributed by atoms with van der Waals surface area (Å²) in [6.07, 6.45) is 5.47. The molecule has 7 heteroatoms. The average molecular weight is 411 g/mol. The molecule has 1 saturated heterocycles. The van der Waals surface area contributed by atoms with E-state index in [4.69, 9.17) is 0 Å². The maximum atomic E-state index is 13.2. The van der Waals surface area contributed by atoms with Crippen LogP contribution in [0, 0.1) is 11.7 Å². The van der Waals surface area contributed by atoms with Gasteiger partial charge in [0, 0.05) is 30.9 Å². The van der Waals surface area contributed by atoms with Gasteiger partial charge in [-0.15, -0.1) is 11.3 Å². The number of carbonyl (C=O) groups excluding carboxylic acids is 1. The zero-order valence-electron chi connectivity index (χ0n) is 16.0. The highest BCUT2D eigenvalue weighted by atomic mass is 32.1. The number of rotatable bonds is 6. The molecule has 0 radical (unpaired) electrons. The molecule has 29 heavy (non-hydrogen) atoms. The van der Waals surface area contributed by atoms with Gasteiger partial charge in [-0.25, -0.2) is 9.37 Å². The summed E-state index contributed by atoms with van der Waals surface area (Å²) in [5.74, 6) is -0.143. The molecule has 0 spiro atoms. The number of pyridine rings is 1. The summed E-state index contributed by atoms with van der Waals surface area (Å²) >= 11 is 1.56. The van der Waals surface area contributed by atoms with Crippen molar-refractivity contribution in [1.82, 2.24) is 20.2 Å². The molecule has 2 aromatic heterocycles. The molecule has 1 aromatic carbocycles. The van der Waals surface area contributed by atoms with E-state index < -0.39 is 0 Å². The van der Waals surface area contributed by atoms with Crippen molar-refractivity contribution in [3.8, 4) is 0 Å². The number of amides is 1. The van der Waals surface area contributed by atoms with Crippen LogP contribution in [0.4, 0.5) is 4.39 Å². The van der Waals surface area contributed by atoms with Gasteiger partial charge in [0.25, 0.3) is 5.91 Å². The molecule has 4 rings (SSSR count). The highest BCUT2D eigenvalue weighted by molar-refractivity contribution is 7.09. The fraction of sp³-hybridized carbons (Fsp3) is 0.318. The maximum Gasteiger partial charge on any atom is 0.270 e. The van der Waals surface area contributed by atoms with Crippen LogP contribution in [0.1, 0.15) is 39.9 Å². The number of piperidine rings is 1. The first-order valence-electron chi connectivity index (χ1n) is 9.77. The first kappa shape index (κ1) is 19.7. The van der Waals surface area contributed by atoms with Crippen LogP contribution in [0.15, 0.2) is 60.2 Å². The number of benzene rings is 1. The number of hydrogen-bond acceptors (Lipinski definition) is 5. The summed E-state index contributed by atoms with van der Waals surface area (Å²) in [7, 11) is 0. The van der Waals surface area contributed by atoms with Crippen LogP contribution in [-0.4, -0.2) is 33.9 Å². The van der Waals surface area contributed by atoms with Gasteiger partial charge in [-0.1, -0.05) is 18.2 Å². The van der Waals surface area contributed by atoms with E-state index in [9.17, 15) is 9.18 Å². The van der Waals surface area contributed by atoms with Gasteiger partial charge < -0.3 is 5.32 Å². The third kappa shape index (κ3) is 5.05. The molecule has 0 aliphatic carbocycles. The van der Waals surface area contributed by atoms with Gasteiger partial charge in [-0.05, 0) is 55.1 Å². The normalized spacial score (nSPS) is 18.3. The summed E-state index contributed by atoms with van der Waals surface area (Å²) < 4.78 is 13.2. The Kier molecular flexibility index (Phi) is 6.27. The van der Waals surface area contributed by atoms with Crippen LogP contribution in [0.5, 0.6) is 0 Å². The molecule has 2 atom stereocenters. The summed E-state index contributed by atoms with van der Waals surface area (Å²) in [6.45, 7) is 2.62. The molecular weight excluding hydrogens is 387 g/mol. The monoisotopic (exact) mass is 410 g/mol. The van der Waals surface area contributed by atoms with Gasteiger partial charge in [0.2, 0.25) is 0 Å². The van der Waals surface area contributed by atoms with E-state index in [0.717, 1.165) is 43.0 Å². The van der Waals surface area contributed by atoms with Gasteiger partial charge in [-0.2, -0.15) is 0 Å². The zero-order valence-corrected chi connectivity index (χ0v) is 16.8. The number of aromatic nitrogens is 2. The van der Waals surface area contributed by atoms with E-state index in [1.807, 2.05) is 23.6 Å². The molecule has 3 heterocycles. The minimum absolute atomic E-state index is 0.152. The first-order valence-corrected chi connectivity index (χ1v) is 10.6. The molecule has 1 N–H and O–H groups in total. The van der Waals surface area contributed by atoms with Crippen LogP contribution < -0.4 is 5.32 Å². The second-order valence-electron chi connectivity index (χ2n) is 7.30. The molecule has 0 bridgehead atoms. The Balaban J connectivity index is 1.48. The lowest BCUT2D eigenvalue weighted by atomic mass is 9.90. The molecule has 1 amide bonds. The number of nitrogens with one attached hydrogen (secondary N) is 1. The lowest BCUT2D eigenvalue weighted by Crippen LogP contribution is -2.42. The minimum Gasteiger partial charge on any atom is -0.341 e. The summed E-state index contributed by atoms with van der Waals surface area (Å²) in [4.78, 5) is 23.8. The van der Waals surface area contributed by atoms with Crippen molar-refractivity contribution in [2.24, 2.45) is 5.92 Å². The van der Waals surface area contributed by atoms with Crippen LogP contribution in [0.3, 0.4) is 0 Å². The molecule has 0 saturated carbocycles. The van der Waals surface area contributed by atoms with Crippen molar-refractivity contribution < 1.29 is 9.18 Å². The summed E-state index contributed by atoms with van der Waals surface area (Å²) in [5.41, 5.74) is 1.50. The van der Waals surface area contributed by atoms with E-state index >= 15 is 0 Å². The molecule has 1 fully saturated rings. The number of nitrogens with zero attached hydrogens (tertiary/aromatic N) is 3. The molecule has 2 unspecified atom stereocenters. The zero-order chi connectivity index (χ0) is 20.1. The number of likely N-dealkylation sites (tertiary alicyclic amines) is 1. The van der Waals surface area contributed by atoms with E-state index in [1.165, 1.54) is 12.1 Å². The maximum absolute atomic E-state index is 13.2. The van der Waals surface area contributed by atoms with Crippen LogP contribution in [0.25, 0.3) is 0 Å². The largest absolute Gasteiger partial charge is 0.341 e. The van der Waals surface area contributed by atoms with Crippen LogP contribution in [-0.2, 0) is 6.54 Å². The second kappa shape index (κ2) is 9.24. The van der Waals surface area contributed by atoms with E-state index in [2.05, 4.69) is 20.2 Å². The topological polar surface area (TPSA) is 58.1 Å². The summed E-state index contributed by atoms with van der Waals surface area (Å²) in [5, 5.41) is 6.03. The van der Waals surface area contributed by atoms with Crippen molar-refractivity contribution in [2.75, 3.05) is 13.1 Å². The van der Waals surface area contributed by atoms with E-state index in [0.29, 0.717) is 5.69 Å². The highest BCUT2D eigenvalue weighted by Gasteiger charge is 2.31. The number of hydrogen-bond donors (Lipinski definition) is 1. The lowest BCUT2D eigenvalue weighted by molar-refractivity contribution is 0.0873. The van der Waals surface area contributed by atoms with Gasteiger partial charge in [0.15, 0.2) is 0 Å². The quantitative estimate of drug-likeness (QED) is 0.666. The number of halogens is 1. The predicted octanol–water partition coefficient (Wildman–Crippen LogP) is 4.06. The van der Waals surface area contributed by atoms with Crippen molar-refractivity contribution in [1.29, 1.82) is 0 Å². The van der Waals surface area contributed by atoms with Gasteiger partial charge in [0.05, 0.1) is 6.04 Å². The van der Waals surface area contributed by atoms with E-state index in [-0.39, 0.29) is 23.7 Å². The van der Waals surface area contributed by atoms with Crippen molar-refractivity contribution in [3.63, 3.8) is 0 Å². The molecule has 150 valence electrons. The van der Waals surface area contributed by atoms with Gasteiger partial charge in [0.1, 0.15) is 16.5 Å². The fourth-order valence-electron chi connectivity index (χ4n) is 3.84. The summed E-state index contributed by atoms with van der Waals surface area (Å²) in [6, 6.07) is 11.8. The molecule has 1 aliphatic heterocycles. The molecule has 3 aromatic rings. The van der Waals surface area contributed by atoms with Gasteiger partial charge in [-0.3, -0.25) is 14.7 Å². The Morgan fingerprint density at radius 1 is 1.21 bits per heavy atom. The third-order valence-corrected chi connectivity index (χ3v) is 6.09. The standard InChI is InChI=1S/C22H23FN4OS/c23-18-8-6-16(7-9-18)14-27-12-3-4-17(15-27)20(22-25-11-13-29-22)26-21(28)19-5-1-2-10-24-19/h1-2,5-11,13,17,20H,3-4,12,14-15H2,(H,26,28). The van der Waals surface area contributed by atoms with Crippen molar-refractivity contribution >= 4 is 17.2 Å². The molecular formula is C22H23FN4OS. The Morgan fingerprint density at radius 3 is 2.79 bits per heavy atom. The fourth-order valence-corrected chi connectivity index (χ4v) is 4.62. The van der Waals surface area contributed by atoms with Crippen LogP contribution in [0.2, 0.25) is 0 Å². The lowest BCUT2D eigenvalue weighted by Gasteiger charge is -2.36. The van der Waals surface area contributed by atoms with Crippen molar-refractivity contribution in [2.45, 2.75) is 25.4 Å². The smallest absolute Gasteiger partial charge is 0.270 e. The molecule has 5 nitrogen and oxygen atoms in total. The van der Waals surface area contributed by atoms with Crippen molar-refractivity contribution in [3.05, 3.63) is 82.3 Å². The predicted molar refractivity (Wildman–Crippen MR) is 111 cm³/mol. The Morgan fingerprint density at radius 2 is 2.07 bits per heavy atom. The Hall–Kier alpha value is -2.64. The van der Waals surface area contributed by atoms with Crippen LogP contribution >= 0.6 is 11.3 Å². The average Bonchev–Trinajstić information content (AvgIpc) is 3.29. The Labute approximate surface area is 173 Å². The van der Waals surface area contributed by atoms with Gasteiger partial charge >= 0.3 is 0 Å². The number of thiazole rings is 1. The third-order valence-electron chi connectivity index (χ3n) is 5.23. The SMILES string of the molecule is O=C(NC(c1nccs1)C1CCCN(Cc2ccc(F)cc2)C1)c1ccccn1.